The molecule has 0 spiro atoms. The van der Waals surface area contributed by atoms with Gasteiger partial charge in [0, 0.05) is 19.3 Å². The number of unbranched alkanes of at least 4 members (excludes halogenated alkanes) is 37. The van der Waals surface area contributed by atoms with Gasteiger partial charge < -0.3 is 14.2 Å². The first-order valence-electron chi connectivity index (χ1n) is 35.2. The predicted octanol–water partition coefficient (Wildman–Crippen LogP) is 24.4. The number of carbonyl (C=O) groups excluding carboxylic acids is 3. The average Bonchev–Trinajstić information content (AvgIpc) is 3.47. The molecule has 0 bridgehead atoms. The van der Waals surface area contributed by atoms with Crippen LogP contribution in [0.25, 0.3) is 0 Å². The maximum atomic E-state index is 12.9. The summed E-state index contributed by atoms with van der Waals surface area (Å²) in [6, 6.07) is 0. The van der Waals surface area contributed by atoms with Crippen LogP contribution in [0.3, 0.4) is 0 Å². The molecule has 0 fully saturated rings. The van der Waals surface area contributed by atoms with Crippen molar-refractivity contribution >= 4 is 17.9 Å². The van der Waals surface area contributed by atoms with Gasteiger partial charge in [0.1, 0.15) is 13.2 Å². The standard InChI is InChI=1S/C76H132O6/c1-4-7-10-13-16-19-21-23-25-27-29-31-33-35-36-37-38-39-40-42-43-45-47-49-51-53-55-57-60-63-66-69-75(78)81-72-73(71-80-74(77)68-65-62-59-18-15-12-9-6-3)82-76(79)70-67-64-61-58-56-54-52-50-48-46-44-41-34-32-30-28-26-24-22-20-17-14-11-8-5-2/h7,10,16,19,23,25,29,31,35-36,38-39,42-43,47,49,73H,4-6,8-9,11-15,17-18,20-22,24,26-28,30,32-34,37,40-41,44-46,48,50-72H2,1-3H3/b10-7-,19-16-,25-23-,31-29-,36-35-,39-38-,43-42-,49-47-. The zero-order valence-electron chi connectivity index (χ0n) is 54.2. The van der Waals surface area contributed by atoms with Crippen LogP contribution in [0.2, 0.25) is 0 Å². The van der Waals surface area contributed by atoms with Gasteiger partial charge in [0.25, 0.3) is 0 Å². The van der Waals surface area contributed by atoms with E-state index in [1.807, 2.05) is 0 Å². The monoisotopic (exact) mass is 1140 g/mol. The highest BCUT2D eigenvalue weighted by Gasteiger charge is 2.19. The van der Waals surface area contributed by atoms with Crippen molar-refractivity contribution in [3.63, 3.8) is 0 Å². The second kappa shape index (κ2) is 69.8. The molecule has 82 heavy (non-hydrogen) atoms. The van der Waals surface area contributed by atoms with Gasteiger partial charge in [0.2, 0.25) is 0 Å². The largest absolute Gasteiger partial charge is 0.462 e. The molecule has 0 rings (SSSR count). The number of hydrogen-bond donors (Lipinski definition) is 0. The van der Waals surface area contributed by atoms with Crippen molar-refractivity contribution < 1.29 is 28.6 Å². The molecule has 6 nitrogen and oxygen atoms in total. The normalized spacial score (nSPS) is 12.7. The molecule has 0 heterocycles. The van der Waals surface area contributed by atoms with Gasteiger partial charge in [-0.25, -0.2) is 0 Å². The van der Waals surface area contributed by atoms with Crippen LogP contribution in [0.15, 0.2) is 97.2 Å². The van der Waals surface area contributed by atoms with Crippen molar-refractivity contribution in [2.45, 2.75) is 354 Å². The van der Waals surface area contributed by atoms with Gasteiger partial charge in [0.15, 0.2) is 6.10 Å². The van der Waals surface area contributed by atoms with E-state index in [-0.39, 0.29) is 31.1 Å². The second-order valence-electron chi connectivity index (χ2n) is 23.4. The van der Waals surface area contributed by atoms with Crippen molar-refractivity contribution in [2.24, 2.45) is 0 Å². The fraction of sp³-hybridized carbons (Fsp3) is 0.750. The SMILES string of the molecule is CC/C=C\C/C=C\C/C=C\C/C=C\C/C=C\C/C=C\C/C=C\C/C=C\CCCCCCCCC(=O)OCC(COC(=O)CCCCCCCCCC)OC(=O)CCCCCCCCCCCCCCCCCCCCCCCCCCC. The lowest BCUT2D eigenvalue weighted by atomic mass is 10.0. The first-order valence-corrected chi connectivity index (χ1v) is 35.2. The number of carbonyl (C=O) groups is 3. The molecule has 0 aliphatic carbocycles. The molecule has 1 unspecified atom stereocenters. The van der Waals surface area contributed by atoms with Crippen LogP contribution >= 0.6 is 0 Å². The fourth-order valence-electron chi connectivity index (χ4n) is 10.1. The molecule has 0 saturated heterocycles. The molecule has 6 heteroatoms. The van der Waals surface area contributed by atoms with E-state index >= 15 is 0 Å². The van der Waals surface area contributed by atoms with E-state index < -0.39 is 6.10 Å². The molecule has 0 aliphatic heterocycles. The number of esters is 3. The van der Waals surface area contributed by atoms with E-state index in [0.29, 0.717) is 19.3 Å². The molecule has 0 N–H and O–H groups in total. The van der Waals surface area contributed by atoms with Gasteiger partial charge in [-0.3, -0.25) is 14.4 Å². The van der Waals surface area contributed by atoms with E-state index in [4.69, 9.17) is 14.2 Å². The van der Waals surface area contributed by atoms with Crippen molar-refractivity contribution in [1.82, 2.24) is 0 Å². The van der Waals surface area contributed by atoms with Gasteiger partial charge in [0.05, 0.1) is 0 Å². The first kappa shape index (κ1) is 78.3. The minimum atomic E-state index is -0.781. The van der Waals surface area contributed by atoms with E-state index in [1.165, 1.54) is 186 Å². The average molecular weight is 1140 g/mol. The van der Waals surface area contributed by atoms with E-state index in [0.717, 1.165) is 122 Å². The number of allylic oxidation sites excluding steroid dienone is 16. The summed E-state index contributed by atoms with van der Waals surface area (Å²) in [6.45, 7) is 6.53. The zero-order valence-corrected chi connectivity index (χ0v) is 54.2. The van der Waals surface area contributed by atoms with Crippen LogP contribution in [0.5, 0.6) is 0 Å². The number of hydrogen-bond acceptors (Lipinski definition) is 6. The fourth-order valence-corrected chi connectivity index (χ4v) is 10.1. The summed E-state index contributed by atoms with van der Waals surface area (Å²) in [4.78, 5) is 38.2. The minimum absolute atomic E-state index is 0.0781. The molecule has 1 atom stereocenters. The quantitative estimate of drug-likeness (QED) is 0.0261. The van der Waals surface area contributed by atoms with Crippen LogP contribution < -0.4 is 0 Å². The molecular weight excluding hydrogens is 1010 g/mol. The summed E-state index contributed by atoms with van der Waals surface area (Å²) in [5.41, 5.74) is 0. The van der Waals surface area contributed by atoms with Crippen LogP contribution in [0.4, 0.5) is 0 Å². The maximum absolute atomic E-state index is 12.9. The predicted molar refractivity (Wildman–Crippen MR) is 357 cm³/mol. The van der Waals surface area contributed by atoms with Crippen molar-refractivity contribution in [3.8, 4) is 0 Å². The Morgan fingerprint density at radius 3 is 0.744 bits per heavy atom. The molecular formula is C76H132O6. The summed E-state index contributed by atoms with van der Waals surface area (Å²) in [5, 5.41) is 0. The molecule has 0 aromatic heterocycles. The van der Waals surface area contributed by atoms with Crippen LogP contribution in [-0.2, 0) is 28.6 Å². The van der Waals surface area contributed by atoms with Crippen molar-refractivity contribution in [2.75, 3.05) is 13.2 Å². The summed E-state index contributed by atoms with van der Waals surface area (Å²) in [5.74, 6) is -0.882. The molecule has 0 amide bonds. The summed E-state index contributed by atoms with van der Waals surface area (Å²) in [7, 11) is 0. The highest BCUT2D eigenvalue weighted by molar-refractivity contribution is 5.71. The molecule has 0 radical (unpaired) electrons. The number of ether oxygens (including phenoxy) is 3. The Balaban J connectivity index is 4.16. The van der Waals surface area contributed by atoms with Gasteiger partial charge in [-0.1, -0.05) is 343 Å². The Morgan fingerprint density at radius 1 is 0.256 bits per heavy atom. The lowest BCUT2D eigenvalue weighted by Gasteiger charge is -2.18. The van der Waals surface area contributed by atoms with E-state index in [2.05, 4.69) is 118 Å². The highest BCUT2D eigenvalue weighted by atomic mass is 16.6. The molecule has 0 aromatic rings. The Bertz CT molecular complexity index is 1590. The van der Waals surface area contributed by atoms with Crippen molar-refractivity contribution in [1.29, 1.82) is 0 Å². The van der Waals surface area contributed by atoms with Crippen LogP contribution in [0.1, 0.15) is 348 Å². The number of rotatable bonds is 64. The molecule has 0 saturated carbocycles. The first-order chi connectivity index (χ1) is 40.5. The second-order valence-corrected chi connectivity index (χ2v) is 23.4. The summed E-state index contributed by atoms with van der Waals surface area (Å²) in [6.07, 6.45) is 94.5. The van der Waals surface area contributed by atoms with E-state index in [9.17, 15) is 14.4 Å². The van der Waals surface area contributed by atoms with Crippen LogP contribution in [0, 0.1) is 0 Å². The minimum Gasteiger partial charge on any atom is -0.462 e. The molecule has 0 aliphatic rings. The highest BCUT2D eigenvalue weighted by Crippen LogP contribution is 2.18. The van der Waals surface area contributed by atoms with Gasteiger partial charge >= 0.3 is 17.9 Å². The lowest BCUT2D eigenvalue weighted by Crippen LogP contribution is -2.30. The summed E-state index contributed by atoms with van der Waals surface area (Å²) >= 11 is 0. The third kappa shape index (κ3) is 67.1. The third-order valence-electron chi connectivity index (χ3n) is 15.4. The Kier molecular flexibility index (Phi) is 66.7. The van der Waals surface area contributed by atoms with Crippen LogP contribution in [-0.4, -0.2) is 37.2 Å². The van der Waals surface area contributed by atoms with Gasteiger partial charge in [-0.15, -0.1) is 0 Å². The lowest BCUT2D eigenvalue weighted by molar-refractivity contribution is -0.167. The Hall–Kier alpha value is -3.67. The topological polar surface area (TPSA) is 78.9 Å². The maximum Gasteiger partial charge on any atom is 0.306 e. The van der Waals surface area contributed by atoms with Gasteiger partial charge in [-0.05, 0) is 83.5 Å². The third-order valence-corrected chi connectivity index (χ3v) is 15.4. The smallest absolute Gasteiger partial charge is 0.306 e. The van der Waals surface area contributed by atoms with Crippen molar-refractivity contribution in [3.05, 3.63) is 97.2 Å². The zero-order chi connectivity index (χ0) is 59.2. The Morgan fingerprint density at radius 2 is 0.476 bits per heavy atom. The molecule has 472 valence electrons. The Labute approximate surface area is 508 Å². The summed E-state index contributed by atoms with van der Waals surface area (Å²) < 4.78 is 16.9. The molecule has 0 aromatic carbocycles. The van der Waals surface area contributed by atoms with E-state index in [1.54, 1.807) is 0 Å². The van der Waals surface area contributed by atoms with Gasteiger partial charge in [-0.2, -0.15) is 0 Å².